The fraction of sp³-hybridized carbons (Fsp3) is 0.900. The van der Waals surface area contributed by atoms with Crippen molar-refractivity contribution in [3.63, 3.8) is 0 Å². The molecule has 0 bridgehead atoms. The maximum Gasteiger partial charge on any atom is 0.389 e. The van der Waals surface area contributed by atoms with Crippen LogP contribution < -0.4 is 5.32 Å². The minimum atomic E-state index is -4.09. The van der Waals surface area contributed by atoms with Crippen molar-refractivity contribution < 1.29 is 22.7 Å². The lowest BCUT2D eigenvalue weighted by molar-refractivity contribution is -0.146. The molecule has 0 radical (unpaired) electrons. The zero-order valence-electron chi connectivity index (χ0n) is 9.56. The Hall–Kier alpha value is -0.780. The first-order chi connectivity index (χ1) is 7.31. The van der Waals surface area contributed by atoms with Crippen LogP contribution in [0.4, 0.5) is 13.2 Å². The summed E-state index contributed by atoms with van der Waals surface area (Å²) in [5.74, 6) is -0.383. The number of hydrogen-bond donors (Lipinski definition) is 1. The number of carbonyl (C=O) groups is 1. The van der Waals surface area contributed by atoms with Gasteiger partial charge in [0.15, 0.2) is 0 Å². The summed E-state index contributed by atoms with van der Waals surface area (Å²) in [7, 11) is 0. The maximum absolute atomic E-state index is 11.7. The molecule has 0 heterocycles. The summed E-state index contributed by atoms with van der Waals surface area (Å²) in [4.78, 5) is 11.0. The van der Waals surface area contributed by atoms with Crippen molar-refractivity contribution in [3.05, 3.63) is 0 Å². The van der Waals surface area contributed by atoms with Crippen LogP contribution in [0, 0.1) is 0 Å². The normalized spacial score (nSPS) is 11.9. The smallest absolute Gasteiger partial charge is 0.389 e. The van der Waals surface area contributed by atoms with Crippen molar-refractivity contribution in [2.24, 2.45) is 0 Å². The predicted octanol–water partition coefficient (Wildman–Crippen LogP) is 2.26. The Kier molecular flexibility index (Phi) is 7.12. The third kappa shape index (κ3) is 11.3. The van der Waals surface area contributed by atoms with Gasteiger partial charge in [-0.1, -0.05) is 0 Å². The molecule has 0 spiro atoms. The molecule has 6 heteroatoms. The third-order valence-corrected chi connectivity index (χ3v) is 1.70. The van der Waals surface area contributed by atoms with Crippen molar-refractivity contribution >= 4 is 5.97 Å². The lowest BCUT2D eigenvalue weighted by atomic mass is 10.2. The highest BCUT2D eigenvalue weighted by Crippen LogP contribution is 2.21. The standard InChI is InChI=1S/C10H18F3NO2/c1-8(2)16-9(15)7-14-6-4-3-5-10(11,12)13/h8,14H,3-7H2,1-2H3. The van der Waals surface area contributed by atoms with E-state index in [1.165, 1.54) is 0 Å². The highest BCUT2D eigenvalue weighted by molar-refractivity contribution is 5.71. The largest absolute Gasteiger partial charge is 0.462 e. The van der Waals surface area contributed by atoms with Crippen LogP contribution in [-0.4, -0.2) is 31.3 Å². The van der Waals surface area contributed by atoms with Crippen LogP contribution in [0.1, 0.15) is 33.1 Å². The molecule has 0 fully saturated rings. The molecule has 0 saturated heterocycles. The topological polar surface area (TPSA) is 38.3 Å². The maximum atomic E-state index is 11.7. The number of esters is 1. The van der Waals surface area contributed by atoms with Gasteiger partial charge in [-0.2, -0.15) is 13.2 Å². The van der Waals surface area contributed by atoms with E-state index in [1.807, 2.05) is 0 Å². The molecular weight excluding hydrogens is 223 g/mol. The number of rotatable bonds is 7. The first kappa shape index (κ1) is 15.2. The number of halogens is 3. The van der Waals surface area contributed by atoms with Gasteiger partial charge in [-0.05, 0) is 33.2 Å². The molecule has 0 rings (SSSR count). The van der Waals surface area contributed by atoms with Gasteiger partial charge in [-0.25, -0.2) is 0 Å². The zero-order chi connectivity index (χ0) is 12.6. The molecule has 0 amide bonds. The Balaban J connectivity index is 3.31. The fourth-order valence-corrected chi connectivity index (χ4v) is 1.07. The summed E-state index contributed by atoms with van der Waals surface area (Å²) in [5, 5.41) is 2.73. The second-order valence-electron chi connectivity index (χ2n) is 3.79. The first-order valence-electron chi connectivity index (χ1n) is 5.28. The van der Waals surface area contributed by atoms with Crippen molar-refractivity contribution in [1.29, 1.82) is 0 Å². The number of nitrogens with one attached hydrogen (secondary N) is 1. The van der Waals surface area contributed by atoms with Gasteiger partial charge in [0, 0.05) is 6.42 Å². The highest BCUT2D eigenvalue weighted by Gasteiger charge is 2.25. The van der Waals surface area contributed by atoms with Gasteiger partial charge in [-0.3, -0.25) is 4.79 Å². The number of hydrogen-bond acceptors (Lipinski definition) is 3. The van der Waals surface area contributed by atoms with Gasteiger partial charge in [0.25, 0.3) is 0 Å². The number of alkyl halides is 3. The van der Waals surface area contributed by atoms with Crippen molar-refractivity contribution in [2.45, 2.75) is 45.4 Å². The minimum Gasteiger partial charge on any atom is -0.462 e. The summed E-state index contributed by atoms with van der Waals surface area (Å²) in [6.07, 6.45) is -4.55. The number of ether oxygens (including phenoxy) is 1. The van der Waals surface area contributed by atoms with Gasteiger partial charge >= 0.3 is 12.1 Å². The molecule has 3 nitrogen and oxygen atoms in total. The van der Waals surface area contributed by atoms with Crippen molar-refractivity contribution in [2.75, 3.05) is 13.1 Å². The molecule has 0 aliphatic carbocycles. The molecule has 16 heavy (non-hydrogen) atoms. The van der Waals surface area contributed by atoms with Crippen LogP contribution in [0.5, 0.6) is 0 Å². The average molecular weight is 241 g/mol. The molecule has 0 unspecified atom stereocenters. The monoisotopic (exact) mass is 241 g/mol. The van der Waals surface area contributed by atoms with Crippen molar-refractivity contribution in [3.8, 4) is 0 Å². The van der Waals surface area contributed by atoms with E-state index >= 15 is 0 Å². The van der Waals surface area contributed by atoms with Gasteiger partial charge in [-0.15, -0.1) is 0 Å². The van der Waals surface area contributed by atoms with Gasteiger partial charge in [0.2, 0.25) is 0 Å². The van der Waals surface area contributed by atoms with Crippen LogP contribution in [-0.2, 0) is 9.53 Å². The lowest BCUT2D eigenvalue weighted by Crippen LogP contribution is -2.27. The molecule has 96 valence electrons. The van der Waals surface area contributed by atoms with Crippen LogP contribution in [0.25, 0.3) is 0 Å². The van der Waals surface area contributed by atoms with Crippen LogP contribution >= 0.6 is 0 Å². The quantitative estimate of drug-likeness (QED) is 0.549. The molecule has 0 aliphatic heterocycles. The Morgan fingerprint density at radius 1 is 1.31 bits per heavy atom. The van der Waals surface area contributed by atoms with E-state index < -0.39 is 12.6 Å². The van der Waals surface area contributed by atoms with Gasteiger partial charge in [0.05, 0.1) is 12.6 Å². The van der Waals surface area contributed by atoms with Crippen molar-refractivity contribution in [1.82, 2.24) is 5.32 Å². The molecule has 0 atom stereocenters. The summed E-state index contributed by atoms with van der Waals surface area (Å²) in [6.45, 7) is 3.91. The Morgan fingerprint density at radius 2 is 1.94 bits per heavy atom. The predicted molar refractivity (Wildman–Crippen MR) is 54.0 cm³/mol. The Bertz CT molecular complexity index is 205. The van der Waals surface area contributed by atoms with Crippen LogP contribution in [0.2, 0.25) is 0 Å². The van der Waals surface area contributed by atoms with E-state index in [4.69, 9.17) is 4.74 Å². The van der Waals surface area contributed by atoms with Gasteiger partial charge in [0.1, 0.15) is 0 Å². The Morgan fingerprint density at radius 3 is 2.44 bits per heavy atom. The molecular formula is C10H18F3NO2. The molecule has 0 saturated carbocycles. The second-order valence-corrected chi connectivity index (χ2v) is 3.79. The Labute approximate surface area is 93.3 Å². The SMILES string of the molecule is CC(C)OC(=O)CNCCCCC(F)(F)F. The summed E-state index contributed by atoms with van der Waals surface area (Å²) < 4.78 is 40.1. The molecule has 0 aliphatic rings. The third-order valence-electron chi connectivity index (χ3n) is 1.70. The zero-order valence-corrected chi connectivity index (χ0v) is 9.56. The van der Waals surface area contributed by atoms with Crippen LogP contribution in [0.3, 0.4) is 0 Å². The van der Waals surface area contributed by atoms with E-state index in [-0.39, 0.29) is 25.0 Å². The fourth-order valence-electron chi connectivity index (χ4n) is 1.07. The highest BCUT2D eigenvalue weighted by atomic mass is 19.4. The van der Waals surface area contributed by atoms with E-state index in [1.54, 1.807) is 13.8 Å². The lowest BCUT2D eigenvalue weighted by Gasteiger charge is -2.09. The van der Waals surface area contributed by atoms with E-state index in [0.29, 0.717) is 13.0 Å². The van der Waals surface area contributed by atoms with Gasteiger partial charge < -0.3 is 10.1 Å². The van der Waals surface area contributed by atoms with E-state index in [0.717, 1.165) is 0 Å². The second kappa shape index (κ2) is 7.49. The van der Waals surface area contributed by atoms with E-state index in [2.05, 4.69) is 5.32 Å². The molecule has 0 aromatic heterocycles. The van der Waals surface area contributed by atoms with E-state index in [9.17, 15) is 18.0 Å². The molecule has 0 aromatic rings. The summed E-state index contributed by atoms with van der Waals surface area (Å²) in [5.41, 5.74) is 0. The molecule has 0 aromatic carbocycles. The summed E-state index contributed by atoms with van der Waals surface area (Å²) >= 11 is 0. The average Bonchev–Trinajstić information content (AvgIpc) is 2.07. The first-order valence-corrected chi connectivity index (χ1v) is 5.28. The van der Waals surface area contributed by atoms with Crippen LogP contribution in [0.15, 0.2) is 0 Å². The minimum absolute atomic E-state index is 0.0458. The summed E-state index contributed by atoms with van der Waals surface area (Å²) in [6, 6.07) is 0. The number of carbonyl (C=O) groups excluding carboxylic acids is 1. The number of unbranched alkanes of at least 4 members (excludes halogenated alkanes) is 1. The molecule has 1 N–H and O–H groups in total.